The maximum Gasteiger partial charge on any atom is 0.332 e. The summed E-state index contributed by atoms with van der Waals surface area (Å²) in [4.78, 5) is 0. The van der Waals surface area contributed by atoms with Crippen LogP contribution in [0.5, 0.6) is 0 Å². The maximum absolute atomic E-state index is 5.14. The zero-order chi connectivity index (χ0) is 7.82. The Hall–Kier alpha value is 1.05. The van der Waals surface area contributed by atoms with Crippen molar-refractivity contribution in [3.63, 3.8) is 0 Å². The number of rotatable bonds is 6. The van der Waals surface area contributed by atoms with E-state index in [9.17, 15) is 0 Å². The normalized spacial score (nSPS) is 9.82. The molecule has 0 amide bonds. The van der Waals surface area contributed by atoms with Crippen molar-refractivity contribution >= 4 is 8.60 Å². The Morgan fingerprint density at radius 2 is 1.09 bits per heavy atom. The predicted molar refractivity (Wildman–Crippen MR) is 41.8 cm³/mol. The molecule has 0 aromatic heterocycles. The number of hydrogen-bond donors (Lipinski definition) is 0. The van der Waals surface area contributed by atoms with Gasteiger partial charge in [-0.3, -0.25) is 0 Å². The van der Waals surface area contributed by atoms with Crippen LogP contribution < -0.4 is 0 Å². The Morgan fingerprint density at radius 1 is 0.818 bits per heavy atom. The number of hydrogen-bond acceptors (Lipinski definition) is 3. The molecule has 1 radical (unpaired) electrons. The fourth-order valence-corrected chi connectivity index (χ4v) is 1.28. The van der Waals surface area contributed by atoms with Crippen LogP contribution in [0.3, 0.4) is 0 Å². The molecule has 0 saturated carbocycles. The Balaban J connectivity index is 0. The third kappa shape index (κ3) is 8.96. The van der Waals surface area contributed by atoms with Gasteiger partial charge < -0.3 is 13.6 Å². The molecule has 11 heavy (non-hydrogen) atoms. The second kappa shape index (κ2) is 11.1. The largest absolute Gasteiger partial charge is 0.332 e. The molecule has 0 heterocycles. The van der Waals surface area contributed by atoms with E-state index in [4.69, 9.17) is 13.6 Å². The van der Waals surface area contributed by atoms with Crippen molar-refractivity contribution in [1.29, 1.82) is 0 Å². The van der Waals surface area contributed by atoms with E-state index in [1.807, 2.05) is 20.8 Å². The first-order valence-corrected chi connectivity index (χ1v) is 4.63. The average Bonchev–Trinajstić information content (AvgIpc) is 1.90. The van der Waals surface area contributed by atoms with Crippen LogP contribution in [-0.4, -0.2) is 19.8 Å². The van der Waals surface area contributed by atoms with Crippen LogP contribution in [0.1, 0.15) is 20.8 Å². The van der Waals surface area contributed by atoms with E-state index < -0.39 is 8.60 Å². The van der Waals surface area contributed by atoms with Crippen molar-refractivity contribution < 1.29 is 36.0 Å². The predicted octanol–water partition coefficient (Wildman–Crippen LogP) is 2.32. The molecule has 0 unspecified atom stereocenters. The Bertz CT molecular complexity index is 60.6. The van der Waals surface area contributed by atoms with E-state index in [0.29, 0.717) is 19.8 Å². The summed E-state index contributed by atoms with van der Waals surface area (Å²) in [5.74, 6) is 0. The third-order valence-corrected chi connectivity index (χ3v) is 2.11. The summed E-state index contributed by atoms with van der Waals surface area (Å²) < 4.78 is 15.4. The third-order valence-electron chi connectivity index (χ3n) is 0.704. The van der Waals surface area contributed by atoms with Crippen LogP contribution in [0, 0.1) is 0 Å². The summed E-state index contributed by atoms with van der Waals surface area (Å²) in [5, 5.41) is 0. The summed E-state index contributed by atoms with van der Waals surface area (Å²) in [6, 6.07) is 0. The molecule has 0 spiro atoms. The molecule has 5 heteroatoms. The summed E-state index contributed by atoms with van der Waals surface area (Å²) in [6.45, 7) is 7.71. The summed E-state index contributed by atoms with van der Waals surface area (Å²) in [7, 11) is -1.06. The fourth-order valence-electron chi connectivity index (χ4n) is 0.428. The van der Waals surface area contributed by atoms with E-state index in [1.54, 1.807) is 0 Å². The average molecular weight is 274 g/mol. The first-order valence-electron chi connectivity index (χ1n) is 3.54. The minimum absolute atomic E-state index is 0. The van der Waals surface area contributed by atoms with Crippen LogP contribution in [0.15, 0.2) is 0 Å². The molecule has 0 atom stereocenters. The molecule has 0 rings (SSSR count). The van der Waals surface area contributed by atoms with Crippen LogP contribution in [0.2, 0.25) is 0 Å². The first kappa shape index (κ1) is 14.6. The van der Waals surface area contributed by atoms with Crippen molar-refractivity contribution in [3.05, 3.63) is 0 Å². The van der Waals surface area contributed by atoms with Gasteiger partial charge in [0.05, 0.1) is 19.8 Å². The Labute approximate surface area is 85.3 Å². The zero-order valence-electron chi connectivity index (χ0n) is 7.09. The first-order chi connectivity index (χ1) is 4.85. The van der Waals surface area contributed by atoms with Crippen LogP contribution in [0.4, 0.5) is 0 Å². The molecule has 3 nitrogen and oxygen atoms in total. The molecule has 73 valence electrons. The zero-order valence-corrected chi connectivity index (χ0v) is 9.47. The van der Waals surface area contributed by atoms with Gasteiger partial charge in [0, 0.05) is 22.4 Å². The molecule has 0 aliphatic heterocycles. The van der Waals surface area contributed by atoms with Crippen molar-refractivity contribution in [2.75, 3.05) is 19.8 Å². The minimum atomic E-state index is -1.06. The molecule has 0 aliphatic carbocycles. The molecule has 0 saturated heterocycles. The molecule has 0 aromatic rings. The van der Waals surface area contributed by atoms with Crippen molar-refractivity contribution in [3.8, 4) is 0 Å². The molecule has 0 fully saturated rings. The van der Waals surface area contributed by atoms with Crippen molar-refractivity contribution in [2.45, 2.75) is 20.8 Å². The van der Waals surface area contributed by atoms with Gasteiger partial charge in [-0.15, -0.1) is 0 Å². The van der Waals surface area contributed by atoms with Gasteiger partial charge in [-0.2, -0.15) is 0 Å². The van der Waals surface area contributed by atoms with Crippen molar-refractivity contribution in [1.82, 2.24) is 0 Å². The van der Waals surface area contributed by atoms with E-state index >= 15 is 0 Å². The van der Waals surface area contributed by atoms with E-state index in [-0.39, 0.29) is 22.4 Å². The molecule has 0 bridgehead atoms. The molecule has 0 aromatic carbocycles. The van der Waals surface area contributed by atoms with Gasteiger partial charge >= 0.3 is 8.60 Å². The van der Waals surface area contributed by atoms with E-state index in [2.05, 4.69) is 0 Å². The van der Waals surface area contributed by atoms with Crippen molar-refractivity contribution in [2.24, 2.45) is 0 Å². The van der Waals surface area contributed by atoms with E-state index in [0.717, 1.165) is 0 Å². The summed E-state index contributed by atoms with van der Waals surface area (Å²) in [6.07, 6.45) is 0. The van der Waals surface area contributed by atoms with Gasteiger partial charge in [-0.05, 0) is 20.8 Å². The maximum atomic E-state index is 5.14. The van der Waals surface area contributed by atoms with Crippen LogP contribution >= 0.6 is 8.60 Å². The second-order valence-corrected chi connectivity index (χ2v) is 2.70. The minimum Gasteiger partial charge on any atom is -0.313 e. The van der Waals surface area contributed by atoms with Gasteiger partial charge in [0.15, 0.2) is 0 Å². The summed E-state index contributed by atoms with van der Waals surface area (Å²) in [5.41, 5.74) is 0. The van der Waals surface area contributed by atoms with Gasteiger partial charge in [0.2, 0.25) is 0 Å². The summed E-state index contributed by atoms with van der Waals surface area (Å²) >= 11 is 0. The molecule has 0 aliphatic rings. The van der Waals surface area contributed by atoms with Crippen LogP contribution in [0.25, 0.3) is 0 Å². The van der Waals surface area contributed by atoms with Crippen LogP contribution in [-0.2, 0) is 36.0 Å². The van der Waals surface area contributed by atoms with Gasteiger partial charge in [0.25, 0.3) is 0 Å². The quantitative estimate of drug-likeness (QED) is 0.549. The van der Waals surface area contributed by atoms with Gasteiger partial charge in [0.1, 0.15) is 0 Å². The Kier molecular flexibility index (Phi) is 14.6. The monoisotopic (exact) mass is 273 g/mol. The Morgan fingerprint density at radius 3 is 1.27 bits per heavy atom. The van der Waals surface area contributed by atoms with Gasteiger partial charge in [-0.25, -0.2) is 0 Å². The standard InChI is InChI=1S/C6H15O3P.Ag/c1-4-7-10(8-5-2)9-6-3;/h4-6H2,1-3H3;. The topological polar surface area (TPSA) is 27.7 Å². The second-order valence-electron chi connectivity index (χ2n) is 1.48. The fraction of sp³-hybridized carbons (Fsp3) is 1.00. The molecular weight excluding hydrogens is 259 g/mol. The van der Waals surface area contributed by atoms with E-state index in [1.165, 1.54) is 0 Å². The van der Waals surface area contributed by atoms with Gasteiger partial charge in [-0.1, -0.05) is 0 Å². The molecule has 0 N–H and O–H groups in total. The molecular formula is C6H15AgO3P. The SMILES string of the molecule is CCOP(OCC)OCC.[Ag]. The smallest absolute Gasteiger partial charge is 0.313 e.